The molecule has 27 heavy (non-hydrogen) atoms. The third-order valence-corrected chi connectivity index (χ3v) is 6.75. The summed E-state index contributed by atoms with van der Waals surface area (Å²) in [5.41, 5.74) is 3.81. The summed E-state index contributed by atoms with van der Waals surface area (Å²) in [6, 6.07) is 2.19. The Labute approximate surface area is 160 Å². The number of nitrogens with zero attached hydrogens (tertiary/aromatic N) is 1. The van der Waals surface area contributed by atoms with Crippen molar-refractivity contribution in [3.05, 3.63) is 28.8 Å². The van der Waals surface area contributed by atoms with E-state index in [1.807, 2.05) is 0 Å². The second kappa shape index (κ2) is 6.40. The summed E-state index contributed by atoms with van der Waals surface area (Å²) in [7, 11) is 5.27. The summed E-state index contributed by atoms with van der Waals surface area (Å²) >= 11 is 0. The maximum Gasteiger partial charge on any atom is 0.231 e. The second-order valence-corrected chi connectivity index (χ2v) is 7.74. The van der Waals surface area contributed by atoms with E-state index in [1.54, 1.807) is 21.3 Å². The highest BCUT2D eigenvalue weighted by atomic mass is 16.7. The predicted molar refractivity (Wildman–Crippen MR) is 99.6 cm³/mol. The largest absolute Gasteiger partial charge is 0.492 e. The zero-order chi connectivity index (χ0) is 18.6. The number of benzene rings is 1. The van der Waals surface area contributed by atoms with Crippen LogP contribution in [0.5, 0.6) is 17.2 Å². The number of hydrogen-bond acceptors (Lipinski definition) is 6. The lowest BCUT2D eigenvalue weighted by molar-refractivity contribution is -0.0481. The Morgan fingerprint density at radius 2 is 2.00 bits per heavy atom. The standard InChI is InChI=1S/C21H27NO5/c1-23-16-9-13-6-8-22-7-4-5-14-15(21(13,22)11-18(16)24-2)10-17-20(19(14)25-3)27-12-26-17/h9-10,16,18H,4-8,11-12H2,1-3H3/t16-,18+,21-/m0/s1. The molecule has 6 nitrogen and oxygen atoms in total. The van der Waals surface area contributed by atoms with Crippen LogP contribution in [0.4, 0.5) is 0 Å². The highest BCUT2D eigenvalue weighted by Gasteiger charge is 2.53. The molecule has 146 valence electrons. The maximum atomic E-state index is 5.87. The normalized spacial score (nSPS) is 31.6. The van der Waals surface area contributed by atoms with E-state index in [0.29, 0.717) is 0 Å². The van der Waals surface area contributed by atoms with Crippen molar-refractivity contribution in [2.75, 3.05) is 41.2 Å². The number of hydrogen-bond donors (Lipinski definition) is 0. The lowest BCUT2D eigenvalue weighted by Crippen LogP contribution is -2.50. The molecule has 0 N–H and O–H groups in total. The molecule has 0 saturated carbocycles. The number of fused-ring (bicyclic) bond motifs is 2. The molecular weight excluding hydrogens is 346 g/mol. The minimum atomic E-state index is -0.171. The molecule has 3 atom stereocenters. The molecule has 0 amide bonds. The van der Waals surface area contributed by atoms with Crippen LogP contribution in [0.25, 0.3) is 0 Å². The molecule has 3 heterocycles. The van der Waals surface area contributed by atoms with Crippen LogP contribution in [0, 0.1) is 0 Å². The molecule has 1 fully saturated rings. The van der Waals surface area contributed by atoms with E-state index in [-0.39, 0.29) is 24.5 Å². The Kier molecular flexibility index (Phi) is 4.11. The molecule has 0 bridgehead atoms. The van der Waals surface area contributed by atoms with Crippen LogP contribution < -0.4 is 14.2 Å². The first-order valence-corrected chi connectivity index (χ1v) is 9.74. The molecule has 1 saturated heterocycles. The summed E-state index contributed by atoms with van der Waals surface area (Å²) in [6.45, 7) is 2.38. The van der Waals surface area contributed by atoms with Gasteiger partial charge in [0, 0.05) is 32.7 Å². The van der Waals surface area contributed by atoms with Gasteiger partial charge in [0.05, 0.1) is 18.8 Å². The van der Waals surface area contributed by atoms with Gasteiger partial charge >= 0.3 is 0 Å². The Morgan fingerprint density at radius 3 is 2.78 bits per heavy atom. The van der Waals surface area contributed by atoms with Crippen molar-refractivity contribution in [3.8, 4) is 17.2 Å². The Bertz CT molecular complexity index is 791. The topological polar surface area (TPSA) is 49.4 Å². The first-order valence-electron chi connectivity index (χ1n) is 9.74. The quantitative estimate of drug-likeness (QED) is 0.760. The van der Waals surface area contributed by atoms with Crippen LogP contribution in [0.1, 0.15) is 30.4 Å². The fraction of sp³-hybridized carbons (Fsp3) is 0.619. The minimum absolute atomic E-state index is 0.00168. The average molecular weight is 373 g/mol. The SMILES string of the molecule is COc1c2c(cc3c1OCO3)[C@]13C[C@@H](OC)[C@@H](OC)C=C1CCN3CCC2. The first kappa shape index (κ1) is 17.3. The average Bonchev–Trinajstić information content (AvgIpc) is 3.27. The monoisotopic (exact) mass is 373 g/mol. The van der Waals surface area contributed by atoms with Crippen LogP contribution in [0.3, 0.4) is 0 Å². The van der Waals surface area contributed by atoms with Crippen molar-refractivity contribution in [2.45, 2.75) is 43.4 Å². The summed E-state index contributed by atoms with van der Waals surface area (Å²) in [5, 5.41) is 0. The first-order chi connectivity index (χ1) is 13.2. The van der Waals surface area contributed by atoms with Gasteiger partial charge in [-0.2, -0.15) is 0 Å². The van der Waals surface area contributed by atoms with E-state index in [0.717, 1.165) is 56.0 Å². The third kappa shape index (κ3) is 2.30. The molecule has 5 rings (SSSR count). The van der Waals surface area contributed by atoms with Crippen LogP contribution >= 0.6 is 0 Å². The van der Waals surface area contributed by atoms with Crippen molar-refractivity contribution in [3.63, 3.8) is 0 Å². The van der Waals surface area contributed by atoms with E-state index in [1.165, 1.54) is 16.7 Å². The summed E-state index contributed by atoms with van der Waals surface area (Å²) in [4.78, 5) is 2.63. The van der Waals surface area contributed by atoms with Gasteiger partial charge in [-0.25, -0.2) is 0 Å². The van der Waals surface area contributed by atoms with Crippen LogP contribution in [-0.2, 0) is 21.4 Å². The molecule has 6 heteroatoms. The molecule has 1 aromatic carbocycles. The maximum absolute atomic E-state index is 5.87. The summed E-state index contributed by atoms with van der Waals surface area (Å²) < 4.78 is 28.9. The third-order valence-electron chi connectivity index (χ3n) is 6.75. The van der Waals surface area contributed by atoms with E-state index in [2.05, 4.69) is 17.0 Å². The molecule has 1 spiro atoms. The van der Waals surface area contributed by atoms with Crippen molar-refractivity contribution in [1.29, 1.82) is 0 Å². The van der Waals surface area contributed by atoms with Crippen molar-refractivity contribution < 1.29 is 23.7 Å². The molecule has 0 radical (unpaired) electrons. The van der Waals surface area contributed by atoms with Gasteiger partial charge < -0.3 is 23.7 Å². The van der Waals surface area contributed by atoms with Gasteiger partial charge in [-0.1, -0.05) is 6.08 Å². The number of rotatable bonds is 3. The van der Waals surface area contributed by atoms with Gasteiger partial charge in [0.15, 0.2) is 11.5 Å². The Morgan fingerprint density at radius 1 is 1.11 bits per heavy atom. The van der Waals surface area contributed by atoms with E-state index < -0.39 is 0 Å². The molecule has 0 unspecified atom stereocenters. The highest BCUT2D eigenvalue weighted by Crippen LogP contribution is 2.57. The molecule has 1 aliphatic carbocycles. The van der Waals surface area contributed by atoms with Crippen LogP contribution in [0.2, 0.25) is 0 Å². The van der Waals surface area contributed by atoms with E-state index >= 15 is 0 Å². The van der Waals surface area contributed by atoms with Crippen molar-refractivity contribution in [2.24, 2.45) is 0 Å². The number of methoxy groups -OCH3 is 3. The summed E-state index contributed by atoms with van der Waals surface area (Å²) in [5.74, 6) is 2.37. The highest BCUT2D eigenvalue weighted by molar-refractivity contribution is 5.64. The van der Waals surface area contributed by atoms with Gasteiger partial charge in [0.1, 0.15) is 6.10 Å². The fourth-order valence-electron chi connectivity index (χ4n) is 5.57. The van der Waals surface area contributed by atoms with Gasteiger partial charge in [-0.3, -0.25) is 4.90 Å². The van der Waals surface area contributed by atoms with Gasteiger partial charge in [0.25, 0.3) is 0 Å². The molecule has 0 aromatic heterocycles. The zero-order valence-corrected chi connectivity index (χ0v) is 16.2. The predicted octanol–water partition coefficient (Wildman–Crippen LogP) is 2.63. The van der Waals surface area contributed by atoms with Gasteiger partial charge in [0.2, 0.25) is 12.5 Å². The number of ether oxygens (including phenoxy) is 5. The minimum Gasteiger partial charge on any atom is -0.492 e. The smallest absolute Gasteiger partial charge is 0.231 e. The van der Waals surface area contributed by atoms with E-state index in [4.69, 9.17) is 23.7 Å². The van der Waals surface area contributed by atoms with Crippen molar-refractivity contribution in [1.82, 2.24) is 4.90 Å². The van der Waals surface area contributed by atoms with Crippen molar-refractivity contribution >= 4 is 0 Å². The fourth-order valence-corrected chi connectivity index (χ4v) is 5.57. The molecule has 1 aromatic rings. The van der Waals surface area contributed by atoms with Crippen LogP contribution in [-0.4, -0.2) is 58.3 Å². The lowest BCUT2D eigenvalue weighted by atomic mass is 9.72. The Hall–Kier alpha value is -1.76. The molecule has 3 aliphatic heterocycles. The Balaban J connectivity index is 1.76. The van der Waals surface area contributed by atoms with Crippen LogP contribution in [0.15, 0.2) is 17.7 Å². The van der Waals surface area contributed by atoms with Gasteiger partial charge in [-0.15, -0.1) is 0 Å². The molecule has 4 aliphatic rings. The van der Waals surface area contributed by atoms with Gasteiger partial charge in [-0.05, 0) is 43.0 Å². The molecular formula is C21H27NO5. The zero-order valence-electron chi connectivity index (χ0n) is 16.2. The van der Waals surface area contributed by atoms with E-state index in [9.17, 15) is 0 Å². The lowest BCUT2D eigenvalue weighted by Gasteiger charge is -2.46. The second-order valence-electron chi connectivity index (χ2n) is 7.74. The summed E-state index contributed by atoms with van der Waals surface area (Å²) in [6.07, 6.45) is 6.33.